The van der Waals surface area contributed by atoms with E-state index < -0.39 is 24.4 Å². The number of ether oxygens (including phenoxy) is 1. The second kappa shape index (κ2) is 4.16. The Hall–Kier alpha value is -1.13. The van der Waals surface area contributed by atoms with Crippen LogP contribution in [0.5, 0.6) is 0 Å². The Bertz CT molecular complexity index is 231. The van der Waals surface area contributed by atoms with Gasteiger partial charge in [-0.25, -0.2) is 9.53 Å². The van der Waals surface area contributed by atoms with Crippen molar-refractivity contribution in [2.24, 2.45) is 0 Å². The molecule has 0 spiro atoms. The summed E-state index contributed by atoms with van der Waals surface area (Å²) in [6.45, 7) is 0. The molecule has 0 aromatic carbocycles. The molecule has 0 aliphatic carbocycles. The van der Waals surface area contributed by atoms with Gasteiger partial charge in [-0.3, -0.25) is 4.70 Å². The van der Waals surface area contributed by atoms with E-state index in [-0.39, 0.29) is 4.70 Å². The third kappa shape index (κ3) is 3.85. The van der Waals surface area contributed by atoms with Crippen molar-refractivity contribution in [3.8, 4) is 0 Å². The molecule has 0 radical (unpaired) electrons. The second-order valence-corrected chi connectivity index (χ2v) is 1.95. The van der Waals surface area contributed by atoms with Crippen LogP contribution in [0.3, 0.4) is 0 Å². The monoisotopic (exact) mass is 250 g/mol. The van der Waals surface area contributed by atoms with E-state index in [0.717, 1.165) is 0 Å². The molecule has 1 unspecified atom stereocenters. The Balaban J connectivity index is 0. The molecular weight excluding hydrogens is 248 g/mol. The van der Waals surface area contributed by atoms with Crippen LogP contribution in [0.25, 0.3) is 0 Å². The molecule has 0 saturated heterocycles. The van der Waals surface area contributed by atoms with E-state index in [1.54, 1.807) is 0 Å². The smallest absolute Gasteiger partial charge is 0.477 e. The summed E-state index contributed by atoms with van der Waals surface area (Å²) < 4.78 is 82.3. The number of carboxylic acids is 1. The molecule has 0 heterocycles. The van der Waals surface area contributed by atoms with Crippen LogP contribution < -0.4 is 0 Å². The zero-order valence-corrected chi connectivity index (χ0v) is 6.32. The number of halogens is 8. The molecule has 0 aliphatic heterocycles. The topological polar surface area (TPSA) is 46.5 Å². The number of alkyl halides is 7. The van der Waals surface area contributed by atoms with Crippen LogP contribution in [0.4, 0.5) is 35.4 Å². The highest BCUT2D eigenvalue weighted by atomic mass is 19.4. The summed E-state index contributed by atoms with van der Waals surface area (Å²) in [5.41, 5.74) is 0. The minimum absolute atomic E-state index is 0. The zero-order valence-electron chi connectivity index (χ0n) is 6.32. The van der Waals surface area contributed by atoms with Crippen LogP contribution in [0.2, 0.25) is 0 Å². The van der Waals surface area contributed by atoms with E-state index in [1.807, 2.05) is 4.74 Å². The molecular formula is C4H2F8O3. The van der Waals surface area contributed by atoms with Gasteiger partial charge >= 0.3 is 24.4 Å². The van der Waals surface area contributed by atoms with Gasteiger partial charge in [0, 0.05) is 0 Å². The van der Waals surface area contributed by atoms with Crippen LogP contribution in [-0.2, 0) is 9.53 Å². The van der Waals surface area contributed by atoms with E-state index in [0.29, 0.717) is 0 Å². The highest BCUT2D eigenvalue weighted by Crippen LogP contribution is 2.39. The van der Waals surface area contributed by atoms with E-state index in [4.69, 9.17) is 5.11 Å². The fourth-order valence-electron chi connectivity index (χ4n) is 0.382. The minimum atomic E-state index is -6.33. The first-order chi connectivity index (χ1) is 5.90. The average molecular weight is 250 g/mol. The van der Waals surface area contributed by atoms with Gasteiger partial charge in [0.15, 0.2) is 0 Å². The lowest BCUT2D eigenvalue weighted by Crippen LogP contribution is -2.53. The van der Waals surface area contributed by atoms with Crippen LogP contribution in [0.15, 0.2) is 0 Å². The lowest BCUT2D eigenvalue weighted by Gasteiger charge is -2.24. The first-order valence-corrected chi connectivity index (χ1v) is 2.66. The molecule has 0 aliphatic rings. The molecule has 0 aromatic heterocycles. The van der Waals surface area contributed by atoms with Crippen molar-refractivity contribution in [1.82, 2.24) is 0 Å². The van der Waals surface area contributed by atoms with E-state index in [1.165, 1.54) is 0 Å². The van der Waals surface area contributed by atoms with E-state index in [2.05, 4.69) is 0 Å². The highest BCUT2D eigenvalue weighted by Gasteiger charge is 2.68. The van der Waals surface area contributed by atoms with Gasteiger partial charge in [-0.05, 0) is 0 Å². The first-order valence-electron chi connectivity index (χ1n) is 2.66. The number of aliphatic carboxylic acids is 1. The standard InChI is InChI=1S/C4HF7O3.FH/c5-2(1(12)13,3(6,7)8)14-4(9,10)11;/h(H,12,13);1H. The van der Waals surface area contributed by atoms with E-state index in [9.17, 15) is 35.5 Å². The minimum Gasteiger partial charge on any atom is -0.477 e. The first kappa shape index (κ1) is 16.3. The fourth-order valence-corrected chi connectivity index (χ4v) is 0.382. The van der Waals surface area contributed by atoms with E-state index >= 15 is 0 Å². The van der Waals surface area contributed by atoms with Crippen molar-refractivity contribution >= 4 is 5.97 Å². The maximum atomic E-state index is 12.3. The summed E-state index contributed by atoms with van der Waals surface area (Å²) in [7, 11) is 0. The molecule has 0 fully saturated rings. The maximum absolute atomic E-state index is 12.3. The van der Waals surface area contributed by atoms with Gasteiger partial charge in [0.05, 0.1) is 0 Å². The fraction of sp³-hybridized carbons (Fsp3) is 0.750. The molecule has 0 bridgehead atoms. The summed E-state index contributed by atoms with van der Waals surface area (Å²) in [5, 5.41) is 7.61. The third-order valence-corrected chi connectivity index (χ3v) is 0.896. The van der Waals surface area contributed by atoms with Crippen molar-refractivity contribution in [2.45, 2.75) is 18.4 Å². The van der Waals surface area contributed by atoms with Crippen LogP contribution in [0.1, 0.15) is 0 Å². The molecule has 0 rings (SSSR count). The predicted octanol–water partition coefficient (Wildman–Crippen LogP) is 1.99. The summed E-state index contributed by atoms with van der Waals surface area (Å²) in [5.74, 6) is -9.21. The quantitative estimate of drug-likeness (QED) is 0.762. The molecule has 0 aromatic rings. The lowest BCUT2D eigenvalue weighted by molar-refractivity contribution is -0.435. The van der Waals surface area contributed by atoms with Crippen molar-refractivity contribution < 1.29 is 50.1 Å². The largest absolute Gasteiger partial charge is 0.525 e. The van der Waals surface area contributed by atoms with Crippen molar-refractivity contribution in [1.29, 1.82) is 0 Å². The molecule has 1 N–H and O–H groups in total. The summed E-state index contributed by atoms with van der Waals surface area (Å²) in [6.07, 6.45) is -12.4. The van der Waals surface area contributed by atoms with Crippen LogP contribution >= 0.6 is 0 Å². The molecule has 3 nitrogen and oxygen atoms in total. The Labute approximate surface area is 75.8 Å². The molecule has 0 amide bonds. The average Bonchev–Trinajstić information content (AvgIpc) is 1.79. The van der Waals surface area contributed by atoms with Crippen molar-refractivity contribution in [3.63, 3.8) is 0 Å². The van der Waals surface area contributed by atoms with Gasteiger partial charge in [-0.2, -0.15) is 17.6 Å². The van der Waals surface area contributed by atoms with Gasteiger partial charge in [0.1, 0.15) is 0 Å². The molecule has 11 heteroatoms. The lowest BCUT2D eigenvalue weighted by atomic mass is 10.3. The predicted molar refractivity (Wildman–Crippen MR) is 27.2 cm³/mol. The normalized spacial score (nSPS) is 16.5. The number of carbonyl (C=O) groups is 1. The Kier molecular flexibility index (Phi) is 4.53. The summed E-state index contributed by atoms with van der Waals surface area (Å²) in [4.78, 5) is 9.63. The van der Waals surface area contributed by atoms with Gasteiger partial charge in [-0.1, -0.05) is 0 Å². The maximum Gasteiger partial charge on any atom is 0.525 e. The number of rotatable bonds is 2. The number of hydrogen-bond acceptors (Lipinski definition) is 2. The van der Waals surface area contributed by atoms with Crippen LogP contribution in [-0.4, -0.2) is 29.5 Å². The van der Waals surface area contributed by atoms with Crippen molar-refractivity contribution in [2.75, 3.05) is 0 Å². The summed E-state index contributed by atoms with van der Waals surface area (Å²) in [6, 6.07) is 0. The Morgan fingerprint density at radius 3 is 1.40 bits per heavy atom. The SMILES string of the molecule is F.O=C(O)C(F)(OC(F)(F)F)C(F)(F)F. The molecule has 92 valence electrons. The van der Waals surface area contributed by atoms with Gasteiger partial charge in [-0.15, -0.1) is 13.2 Å². The Morgan fingerprint density at radius 1 is 1.00 bits per heavy atom. The number of carboxylic acid groups (broad SMARTS) is 1. The summed E-state index contributed by atoms with van der Waals surface area (Å²) >= 11 is 0. The second-order valence-electron chi connectivity index (χ2n) is 1.95. The zero-order chi connectivity index (χ0) is 11.8. The molecule has 1 atom stereocenters. The van der Waals surface area contributed by atoms with Gasteiger partial charge in [0.2, 0.25) is 0 Å². The molecule has 0 saturated carbocycles. The highest BCUT2D eigenvalue weighted by molar-refractivity contribution is 5.76. The third-order valence-electron chi connectivity index (χ3n) is 0.896. The van der Waals surface area contributed by atoms with Crippen molar-refractivity contribution in [3.05, 3.63) is 0 Å². The van der Waals surface area contributed by atoms with Gasteiger partial charge < -0.3 is 5.11 Å². The number of hydrogen-bond donors (Lipinski definition) is 1. The van der Waals surface area contributed by atoms with Gasteiger partial charge in [0.25, 0.3) is 0 Å². The molecule has 15 heavy (non-hydrogen) atoms. The van der Waals surface area contributed by atoms with Crippen LogP contribution in [0, 0.1) is 0 Å². The Morgan fingerprint density at radius 2 is 1.33 bits per heavy atom.